The van der Waals surface area contributed by atoms with E-state index in [0.717, 1.165) is 9.86 Å². The van der Waals surface area contributed by atoms with Crippen molar-refractivity contribution < 1.29 is 9.32 Å². The van der Waals surface area contributed by atoms with Crippen LogP contribution >= 0.6 is 27.5 Å². The molecule has 0 radical (unpaired) electrons. The van der Waals surface area contributed by atoms with Gasteiger partial charge in [-0.1, -0.05) is 44.8 Å². The molecule has 7 nitrogen and oxygen atoms in total. The molecule has 0 saturated carbocycles. The third-order valence-electron chi connectivity index (χ3n) is 3.78. The van der Waals surface area contributed by atoms with Gasteiger partial charge >= 0.3 is 5.76 Å². The van der Waals surface area contributed by atoms with Gasteiger partial charge in [0.15, 0.2) is 5.82 Å². The number of anilines is 1. The molecular formula is C17H10BrClN4O3. The lowest BCUT2D eigenvalue weighted by Gasteiger charge is -2.09. The van der Waals surface area contributed by atoms with Crippen LogP contribution in [-0.4, -0.2) is 21.0 Å². The summed E-state index contributed by atoms with van der Waals surface area (Å²) < 4.78 is 5.30. The maximum Gasteiger partial charge on any atom is 0.439 e. The van der Waals surface area contributed by atoms with Gasteiger partial charge in [0.2, 0.25) is 0 Å². The minimum atomic E-state index is -0.678. The topological polar surface area (TPSA) is 104 Å². The van der Waals surface area contributed by atoms with Gasteiger partial charge in [-0.25, -0.2) is 4.79 Å². The zero-order chi connectivity index (χ0) is 18.3. The molecule has 1 amide bonds. The summed E-state index contributed by atoms with van der Waals surface area (Å²) in [5.74, 6) is -0.819. The molecule has 9 heteroatoms. The molecule has 26 heavy (non-hydrogen) atoms. The normalized spacial score (nSPS) is 11.0. The second kappa shape index (κ2) is 6.47. The molecule has 0 aliphatic carbocycles. The first kappa shape index (κ1) is 16.6. The summed E-state index contributed by atoms with van der Waals surface area (Å²) in [6, 6.07) is 12.3. The largest absolute Gasteiger partial charge is 0.439 e. The first-order valence-electron chi connectivity index (χ1n) is 7.46. The number of hydrogen-bond donors (Lipinski definition) is 3. The Bertz CT molecular complexity index is 1190. The first-order chi connectivity index (χ1) is 12.5. The molecule has 2 heterocycles. The molecular weight excluding hydrogens is 424 g/mol. The Kier molecular flexibility index (Phi) is 4.14. The molecule has 0 fully saturated rings. The SMILES string of the molecule is O=C(Nc1ccc(Br)cc1-c1noc(=O)[nH]1)c1cc2cccc(Cl)c2[nH]1. The minimum Gasteiger partial charge on any atom is -0.349 e. The van der Waals surface area contributed by atoms with Crippen molar-refractivity contribution in [1.82, 2.24) is 15.1 Å². The summed E-state index contributed by atoms with van der Waals surface area (Å²) in [5, 5.41) is 7.84. The zero-order valence-electron chi connectivity index (χ0n) is 13.0. The second-order valence-electron chi connectivity index (χ2n) is 5.47. The van der Waals surface area contributed by atoms with E-state index in [1.165, 1.54) is 0 Å². The average molecular weight is 434 g/mol. The molecule has 130 valence electrons. The van der Waals surface area contributed by atoms with Crippen LogP contribution in [0.15, 0.2) is 56.3 Å². The number of para-hydroxylation sites is 1. The number of halogens is 2. The van der Waals surface area contributed by atoms with Gasteiger partial charge in [-0.2, -0.15) is 0 Å². The first-order valence-corrected chi connectivity index (χ1v) is 8.63. The highest BCUT2D eigenvalue weighted by Crippen LogP contribution is 2.29. The summed E-state index contributed by atoms with van der Waals surface area (Å²) >= 11 is 9.50. The number of rotatable bonds is 3. The molecule has 4 aromatic rings. The Morgan fingerprint density at radius 1 is 1.19 bits per heavy atom. The van der Waals surface area contributed by atoms with Crippen molar-refractivity contribution in [3.63, 3.8) is 0 Å². The molecule has 0 bridgehead atoms. The molecule has 2 aromatic heterocycles. The average Bonchev–Trinajstić information content (AvgIpc) is 3.23. The lowest BCUT2D eigenvalue weighted by molar-refractivity contribution is 0.102. The van der Waals surface area contributed by atoms with Gasteiger partial charge in [0, 0.05) is 15.4 Å². The Morgan fingerprint density at radius 3 is 2.77 bits per heavy atom. The highest BCUT2D eigenvalue weighted by molar-refractivity contribution is 9.10. The van der Waals surface area contributed by atoms with Crippen LogP contribution in [0.1, 0.15) is 10.5 Å². The molecule has 0 aliphatic heterocycles. The maximum atomic E-state index is 12.7. The Morgan fingerprint density at radius 2 is 2.04 bits per heavy atom. The summed E-state index contributed by atoms with van der Waals surface area (Å²) in [6.45, 7) is 0. The van der Waals surface area contributed by atoms with E-state index in [-0.39, 0.29) is 11.7 Å². The van der Waals surface area contributed by atoms with Crippen LogP contribution in [0.25, 0.3) is 22.3 Å². The third-order valence-corrected chi connectivity index (χ3v) is 4.58. The summed E-state index contributed by atoms with van der Waals surface area (Å²) in [5.41, 5.74) is 2.02. The quantitative estimate of drug-likeness (QED) is 0.451. The van der Waals surface area contributed by atoms with Crippen molar-refractivity contribution in [2.24, 2.45) is 0 Å². The van der Waals surface area contributed by atoms with Gasteiger partial charge in [0.25, 0.3) is 5.91 Å². The fourth-order valence-electron chi connectivity index (χ4n) is 2.60. The van der Waals surface area contributed by atoms with E-state index >= 15 is 0 Å². The van der Waals surface area contributed by atoms with Crippen molar-refractivity contribution >= 4 is 50.0 Å². The number of carbonyl (C=O) groups excluding carboxylic acids is 1. The lowest BCUT2D eigenvalue weighted by atomic mass is 10.1. The van der Waals surface area contributed by atoms with Gasteiger partial charge in [0.1, 0.15) is 5.69 Å². The number of carbonyl (C=O) groups is 1. The molecule has 2 aromatic carbocycles. The van der Waals surface area contributed by atoms with Gasteiger partial charge in [-0.15, -0.1) is 0 Å². The van der Waals surface area contributed by atoms with Crippen molar-refractivity contribution in [1.29, 1.82) is 0 Å². The van der Waals surface area contributed by atoms with Crippen LogP contribution in [0.4, 0.5) is 5.69 Å². The van der Waals surface area contributed by atoms with Gasteiger partial charge < -0.3 is 10.3 Å². The van der Waals surface area contributed by atoms with Crippen molar-refractivity contribution in [2.75, 3.05) is 5.32 Å². The number of nitrogens with one attached hydrogen (secondary N) is 3. The van der Waals surface area contributed by atoms with Crippen molar-refractivity contribution in [3.8, 4) is 11.4 Å². The molecule has 0 unspecified atom stereocenters. The smallest absolute Gasteiger partial charge is 0.349 e. The third kappa shape index (κ3) is 3.04. The maximum absolute atomic E-state index is 12.7. The fourth-order valence-corrected chi connectivity index (χ4v) is 3.19. The number of fused-ring (bicyclic) bond motifs is 1. The predicted octanol–water partition coefficient (Wildman–Crippen LogP) is 4.18. The number of amides is 1. The van der Waals surface area contributed by atoms with E-state index in [1.54, 1.807) is 30.3 Å². The van der Waals surface area contributed by atoms with Gasteiger partial charge in [-0.05, 0) is 30.3 Å². The Balaban J connectivity index is 1.71. The lowest BCUT2D eigenvalue weighted by Crippen LogP contribution is -2.13. The summed E-state index contributed by atoms with van der Waals surface area (Å²) in [6.07, 6.45) is 0. The molecule has 3 N–H and O–H groups in total. The van der Waals surface area contributed by atoms with E-state index < -0.39 is 5.76 Å². The summed E-state index contributed by atoms with van der Waals surface area (Å²) in [7, 11) is 0. The summed E-state index contributed by atoms with van der Waals surface area (Å²) in [4.78, 5) is 29.4. The van der Waals surface area contributed by atoms with E-state index in [1.807, 2.05) is 12.1 Å². The molecule has 0 atom stereocenters. The minimum absolute atomic E-state index is 0.214. The van der Waals surface area contributed by atoms with E-state index in [0.29, 0.717) is 27.5 Å². The van der Waals surface area contributed by atoms with Crippen molar-refractivity contribution in [3.05, 3.63) is 68.2 Å². The van der Waals surface area contributed by atoms with Crippen LogP contribution in [0.5, 0.6) is 0 Å². The van der Waals surface area contributed by atoms with Gasteiger partial charge in [0.05, 0.1) is 16.2 Å². The number of benzene rings is 2. The molecule has 0 spiro atoms. The highest BCUT2D eigenvalue weighted by Gasteiger charge is 2.16. The van der Waals surface area contributed by atoms with E-state index in [9.17, 15) is 9.59 Å². The van der Waals surface area contributed by atoms with E-state index in [2.05, 4.69) is 40.9 Å². The van der Waals surface area contributed by atoms with E-state index in [4.69, 9.17) is 11.6 Å². The van der Waals surface area contributed by atoms with Crippen LogP contribution < -0.4 is 11.1 Å². The van der Waals surface area contributed by atoms with Crippen molar-refractivity contribution in [2.45, 2.75) is 0 Å². The van der Waals surface area contributed by atoms with Crippen LogP contribution in [0.3, 0.4) is 0 Å². The number of aromatic nitrogens is 3. The van der Waals surface area contributed by atoms with Crippen LogP contribution in [0, 0.1) is 0 Å². The molecule has 4 rings (SSSR count). The number of H-pyrrole nitrogens is 2. The van der Waals surface area contributed by atoms with Gasteiger partial charge in [-0.3, -0.25) is 14.3 Å². The fraction of sp³-hybridized carbons (Fsp3) is 0. The standard InChI is InChI=1S/C17H10BrClN4O3/c18-9-4-5-12(10(7-9)15-22-17(25)26-23-15)21-16(24)13-6-8-2-1-3-11(19)14(8)20-13/h1-7,20H,(H,21,24)(H,22,23,25). The van der Waals surface area contributed by atoms with Crippen LogP contribution in [0.2, 0.25) is 5.02 Å². The number of aromatic amines is 2. The monoisotopic (exact) mass is 432 g/mol. The Labute approximate surface area is 159 Å². The predicted molar refractivity (Wildman–Crippen MR) is 102 cm³/mol. The highest BCUT2D eigenvalue weighted by atomic mass is 79.9. The molecule has 0 saturated heterocycles. The number of hydrogen-bond acceptors (Lipinski definition) is 4. The number of nitrogens with zero attached hydrogens (tertiary/aromatic N) is 1. The molecule has 0 aliphatic rings. The zero-order valence-corrected chi connectivity index (χ0v) is 15.3. The second-order valence-corrected chi connectivity index (χ2v) is 6.80. The Hall–Kier alpha value is -2.84. The van der Waals surface area contributed by atoms with Crippen LogP contribution in [-0.2, 0) is 0 Å².